The van der Waals surface area contributed by atoms with Gasteiger partial charge in [0.25, 0.3) is 0 Å². The van der Waals surface area contributed by atoms with E-state index in [0.29, 0.717) is 13.1 Å². The highest BCUT2D eigenvalue weighted by Crippen LogP contribution is 2.11. The highest BCUT2D eigenvalue weighted by Gasteiger charge is 2.07. The van der Waals surface area contributed by atoms with Crippen LogP contribution in [0.15, 0.2) is 30.5 Å². The van der Waals surface area contributed by atoms with Gasteiger partial charge in [0, 0.05) is 34.2 Å². The zero-order chi connectivity index (χ0) is 13.8. The lowest BCUT2D eigenvalue weighted by atomic mass is 10.2. The zero-order valence-electron chi connectivity index (χ0n) is 11.5. The van der Waals surface area contributed by atoms with E-state index in [0.717, 1.165) is 17.2 Å². The third-order valence-corrected chi connectivity index (χ3v) is 2.98. The van der Waals surface area contributed by atoms with Gasteiger partial charge in [-0.05, 0) is 17.7 Å². The third kappa shape index (κ3) is 3.32. The van der Waals surface area contributed by atoms with Crippen molar-refractivity contribution in [3.8, 4) is 0 Å². The Labute approximate surface area is 112 Å². The molecule has 1 aromatic carbocycles. The fraction of sp³-hybridized carbons (Fsp3) is 0.357. The molecule has 0 unspecified atom stereocenters. The second-order valence-corrected chi connectivity index (χ2v) is 4.74. The first-order valence-electron chi connectivity index (χ1n) is 6.21. The first-order valence-corrected chi connectivity index (χ1v) is 6.21. The largest absolute Gasteiger partial charge is 0.348 e. The molecule has 4 nitrogen and oxygen atoms in total. The van der Waals surface area contributed by atoms with Crippen LogP contribution in [0.25, 0.3) is 0 Å². The number of anilines is 1. The van der Waals surface area contributed by atoms with Gasteiger partial charge in [0.15, 0.2) is 0 Å². The molecule has 0 amide bonds. The van der Waals surface area contributed by atoms with E-state index < -0.39 is 0 Å². The van der Waals surface area contributed by atoms with Gasteiger partial charge >= 0.3 is 0 Å². The van der Waals surface area contributed by atoms with Crippen molar-refractivity contribution >= 4 is 5.95 Å². The molecule has 0 radical (unpaired) electrons. The minimum absolute atomic E-state index is 0.199. The van der Waals surface area contributed by atoms with Crippen LogP contribution < -0.4 is 10.2 Å². The van der Waals surface area contributed by atoms with E-state index in [1.165, 1.54) is 6.07 Å². The number of imidazole rings is 1. The van der Waals surface area contributed by atoms with Crippen molar-refractivity contribution in [2.45, 2.75) is 13.1 Å². The summed E-state index contributed by atoms with van der Waals surface area (Å²) < 4.78 is 15.1. The van der Waals surface area contributed by atoms with E-state index in [1.54, 1.807) is 12.1 Å². The fourth-order valence-corrected chi connectivity index (χ4v) is 2.00. The lowest BCUT2D eigenvalue weighted by Gasteiger charge is -2.13. The van der Waals surface area contributed by atoms with Crippen LogP contribution in [-0.2, 0) is 20.1 Å². The van der Waals surface area contributed by atoms with E-state index in [1.807, 2.05) is 42.9 Å². The van der Waals surface area contributed by atoms with Gasteiger partial charge < -0.3 is 14.8 Å². The van der Waals surface area contributed by atoms with Crippen LogP contribution in [-0.4, -0.2) is 23.6 Å². The number of aromatic nitrogens is 2. The van der Waals surface area contributed by atoms with Crippen molar-refractivity contribution in [2.24, 2.45) is 7.05 Å². The summed E-state index contributed by atoms with van der Waals surface area (Å²) in [6, 6.07) is 6.63. The number of rotatable bonds is 5. The molecule has 1 heterocycles. The number of nitrogens with zero attached hydrogens (tertiary/aromatic N) is 3. The molecule has 0 aliphatic rings. The molecule has 0 fully saturated rings. The molecule has 2 aromatic rings. The van der Waals surface area contributed by atoms with E-state index in [4.69, 9.17) is 0 Å². The predicted octanol–water partition coefficient (Wildman–Crippen LogP) is 1.91. The van der Waals surface area contributed by atoms with Crippen LogP contribution in [0.5, 0.6) is 0 Å². The summed E-state index contributed by atoms with van der Waals surface area (Å²) in [5.41, 5.74) is 2.04. The zero-order valence-corrected chi connectivity index (χ0v) is 11.5. The number of hydrogen-bond acceptors (Lipinski definition) is 3. The van der Waals surface area contributed by atoms with Crippen molar-refractivity contribution < 1.29 is 4.39 Å². The molecule has 0 saturated carbocycles. The van der Waals surface area contributed by atoms with E-state index >= 15 is 0 Å². The van der Waals surface area contributed by atoms with Crippen LogP contribution in [0, 0.1) is 5.82 Å². The van der Waals surface area contributed by atoms with Crippen molar-refractivity contribution in [3.63, 3.8) is 0 Å². The van der Waals surface area contributed by atoms with Crippen LogP contribution in [0.3, 0.4) is 0 Å². The van der Waals surface area contributed by atoms with Gasteiger partial charge in [0.05, 0.1) is 11.9 Å². The van der Waals surface area contributed by atoms with Crippen molar-refractivity contribution in [1.82, 2.24) is 14.9 Å². The van der Waals surface area contributed by atoms with Crippen molar-refractivity contribution in [2.75, 3.05) is 19.0 Å². The monoisotopic (exact) mass is 262 g/mol. The quantitative estimate of drug-likeness (QED) is 0.893. The van der Waals surface area contributed by atoms with Crippen LogP contribution in [0.1, 0.15) is 11.3 Å². The third-order valence-electron chi connectivity index (χ3n) is 2.98. The molecular weight excluding hydrogens is 243 g/mol. The molecule has 0 spiro atoms. The highest BCUT2D eigenvalue weighted by molar-refractivity contribution is 5.30. The Balaban J connectivity index is 1.93. The molecule has 2 rings (SSSR count). The average Bonchev–Trinajstić information content (AvgIpc) is 2.71. The Morgan fingerprint density at radius 2 is 2.11 bits per heavy atom. The number of halogens is 1. The molecule has 1 N–H and O–H groups in total. The van der Waals surface area contributed by atoms with Gasteiger partial charge in [-0.25, -0.2) is 9.37 Å². The highest BCUT2D eigenvalue weighted by atomic mass is 19.1. The first-order chi connectivity index (χ1) is 9.08. The standard InChI is InChI=1S/C14H19FN4/c1-18(2)14-17-10-13(19(14)3)9-16-8-11-5-4-6-12(15)7-11/h4-7,10,16H,8-9H2,1-3H3. The lowest BCUT2D eigenvalue weighted by Crippen LogP contribution is -2.18. The normalized spacial score (nSPS) is 10.7. The Bertz CT molecular complexity index is 548. The second kappa shape index (κ2) is 5.84. The lowest BCUT2D eigenvalue weighted by molar-refractivity contribution is 0.616. The topological polar surface area (TPSA) is 33.1 Å². The summed E-state index contributed by atoms with van der Waals surface area (Å²) in [7, 11) is 5.92. The van der Waals surface area contributed by atoms with Crippen molar-refractivity contribution in [1.29, 1.82) is 0 Å². The molecule has 19 heavy (non-hydrogen) atoms. The summed E-state index contributed by atoms with van der Waals surface area (Å²) in [6.45, 7) is 1.34. The number of hydrogen-bond donors (Lipinski definition) is 1. The molecule has 0 bridgehead atoms. The predicted molar refractivity (Wildman–Crippen MR) is 74.5 cm³/mol. The maximum Gasteiger partial charge on any atom is 0.204 e. The fourth-order valence-electron chi connectivity index (χ4n) is 2.00. The molecule has 0 aliphatic heterocycles. The van der Waals surface area contributed by atoms with Crippen LogP contribution in [0.4, 0.5) is 10.3 Å². The number of benzene rings is 1. The summed E-state index contributed by atoms with van der Waals surface area (Å²) in [5, 5.41) is 3.29. The summed E-state index contributed by atoms with van der Waals surface area (Å²) in [4.78, 5) is 6.31. The first kappa shape index (κ1) is 13.5. The minimum atomic E-state index is -0.199. The summed E-state index contributed by atoms with van der Waals surface area (Å²) in [6.07, 6.45) is 1.86. The maximum atomic E-state index is 13.0. The minimum Gasteiger partial charge on any atom is -0.348 e. The average molecular weight is 262 g/mol. The summed E-state index contributed by atoms with van der Waals surface area (Å²) >= 11 is 0. The Morgan fingerprint density at radius 3 is 2.74 bits per heavy atom. The Morgan fingerprint density at radius 1 is 1.32 bits per heavy atom. The SMILES string of the molecule is CN(C)c1ncc(CNCc2cccc(F)c2)n1C. The van der Waals surface area contributed by atoms with E-state index in [-0.39, 0.29) is 5.82 Å². The molecule has 0 atom stereocenters. The molecule has 102 valence electrons. The van der Waals surface area contributed by atoms with E-state index in [9.17, 15) is 4.39 Å². The molecule has 0 aliphatic carbocycles. The molecular formula is C14H19FN4. The van der Waals surface area contributed by atoms with Crippen LogP contribution in [0.2, 0.25) is 0 Å². The van der Waals surface area contributed by atoms with Gasteiger partial charge in [0.1, 0.15) is 5.82 Å². The van der Waals surface area contributed by atoms with Gasteiger partial charge in [-0.1, -0.05) is 12.1 Å². The molecule has 0 saturated heterocycles. The Hall–Kier alpha value is -1.88. The van der Waals surface area contributed by atoms with Gasteiger partial charge in [0.2, 0.25) is 5.95 Å². The smallest absolute Gasteiger partial charge is 0.204 e. The summed E-state index contributed by atoms with van der Waals surface area (Å²) in [5.74, 6) is 0.720. The Kier molecular flexibility index (Phi) is 4.16. The number of nitrogens with one attached hydrogen (secondary N) is 1. The van der Waals surface area contributed by atoms with Crippen LogP contribution >= 0.6 is 0 Å². The van der Waals surface area contributed by atoms with Gasteiger partial charge in [-0.3, -0.25) is 0 Å². The molecule has 5 heteroatoms. The van der Waals surface area contributed by atoms with Crippen molar-refractivity contribution in [3.05, 3.63) is 47.5 Å². The van der Waals surface area contributed by atoms with Gasteiger partial charge in [-0.15, -0.1) is 0 Å². The molecule has 1 aromatic heterocycles. The van der Waals surface area contributed by atoms with E-state index in [2.05, 4.69) is 10.3 Å². The van der Waals surface area contributed by atoms with Gasteiger partial charge in [-0.2, -0.15) is 0 Å². The maximum absolute atomic E-state index is 13.0. The second-order valence-electron chi connectivity index (χ2n) is 4.74.